The fraction of sp³-hybridized carbons (Fsp3) is 0.391. The van der Waals surface area contributed by atoms with Crippen LogP contribution in [0.2, 0.25) is 0 Å². The van der Waals surface area contributed by atoms with Crippen molar-refractivity contribution in [2.24, 2.45) is 5.92 Å². The quantitative estimate of drug-likeness (QED) is 0.522. The maximum Gasteiger partial charge on any atom is 0.325 e. The van der Waals surface area contributed by atoms with Crippen molar-refractivity contribution in [3.63, 3.8) is 0 Å². The summed E-state index contributed by atoms with van der Waals surface area (Å²) in [6.07, 6.45) is 7.02. The molecule has 2 amide bonds. The molecule has 1 atom stereocenters. The Morgan fingerprint density at radius 1 is 1.24 bits per heavy atom. The lowest BCUT2D eigenvalue weighted by atomic mass is 10.0. The Bertz CT molecular complexity index is 1190. The first kappa shape index (κ1) is 21.8. The molecule has 1 aliphatic carbocycles. The fourth-order valence-electron chi connectivity index (χ4n) is 4.27. The van der Waals surface area contributed by atoms with Gasteiger partial charge in [-0.1, -0.05) is 29.8 Å². The third-order valence-electron chi connectivity index (χ3n) is 6.30. The van der Waals surface area contributed by atoms with Crippen molar-refractivity contribution < 1.29 is 9.18 Å². The molecular weight excluding hydrogens is 489 g/mol. The lowest BCUT2D eigenvalue weighted by molar-refractivity contribution is 0.229. The standard InChI is InChI=1S/C23H25BrFN7O/c1-14(2)18-11-30(3)22(33)32(18)20-4-7-26-21(28-20)29-23(5-6-23)19-12-31(13-27-19)17-9-15(24)8-16(25)10-17/h4,7-10,12-14,18H,5-6,11H2,1-3H3,(H,26,28,29). The third-order valence-corrected chi connectivity index (χ3v) is 6.76. The van der Waals surface area contributed by atoms with Gasteiger partial charge in [-0.15, -0.1) is 0 Å². The number of hydrogen-bond donors (Lipinski definition) is 1. The molecule has 3 heterocycles. The molecular formula is C23H25BrFN7O. The maximum atomic E-state index is 13.8. The van der Waals surface area contributed by atoms with Crippen LogP contribution in [0, 0.1) is 11.7 Å². The zero-order valence-corrected chi connectivity index (χ0v) is 20.3. The molecule has 10 heteroatoms. The smallest absolute Gasteiger partial charge is 0.325 e. The van der Waals surface area contributed by atoms with Gasteiger partial charge in [-0.2, -0.15) is 4.98 Å². The summed E-state index contributed by atoms with van der Waals surface area (Å²) < 4.78 is 16.3. The predicted octanol–water partition coefficient (Wildman–Crippen LogP) is 4.56. The van der Waals surface area contributed by atoms with Crippen LogP contribution in [0.25, 0.3) is 5.69 Å². The number of carbonyl (C=O) groups excluding carboxylic acids is 1. The van der Waals surface area contributed by atoms with Gasteiger partial charge in [-0.3, -0.25) is 4.90 Å². The summed E-state index contributed by atoms with van der Waals surface area (Å²) >= 11 is 3.34. The van der Waals surface area contributed by atoms with Crippen LogP contribution < -0.4 is 10.2 Å². The van der Waals surface area contributed by atoms with Crippen LogP contribution in [0.5, 0.6) is 0 Å². The largest absolute Gasteiger partial charge is 0.343 e. The highest BCUT2D eigenvalue weighted by Gasteiger charge is 2.47. The normalized spacial score (nSPS) is 19.5. The van der Waals surface area contributed by atoms with Crippen molar-refractivity contribution in [2.45, 2.75) is 38.3 Å². The molecule has 1 saturated heterocycles. The molecule has 2 aromatic heterocycles. The van der Waals surface area contributed by atoms with Gasteiger partial charge in [0.2, 0.25) is 5.95 Å². The molecule has 0 bridgehead atoms. The molecule has 1 saturated carbocycles. The number of aromatic nitrogens is 4. The Labute approximate surface area is 200 Å². The monoisotopic (exact) mass is 513 g/mol. The third kappa shape index (κ3) is 4.07. The molecule has 1 aliphatic heterocycles. The highest BCUT2D eigenvalue weighted by molar-refractivity contribution is 9.10. The molecule has 1 aromatic carbocycles. The molecule has 8 nitrogen and oxygen atoms in total. The highest BCUT2D eigenvalue weighted by atomic mass is 79.9. The van der Waals surface area contributed by atoms with Gasteiger partial charge in [-0.25, -0.2) is 19.2 Å². The number of carbonyl (C=O) groups is 1. The molecule has 2 aliphatic rings. The molecule has 172 valence electrons. The highest BCUT2D eigenvalue weighted by Crippen LogP contribution is 2.47. The van der Waals surface area contributed by atoms with E-state index in [9.17, 15) is 9.18 Å². The number of hydrogen-bond acceptors (Lipinski definition) is 5. The zero-order valence-electron chi connectivity index (χ0n) is 18.7. The SMILES string of the molecule is CC(C)C1CN(C)C(=O)N1c1ccnc(NC2(c3cn(-c4cc(F)cc(Br)c4)cn3)CC2)n1. The van der Waals surface area contributed by atoms with Gasteiger partial charge >= 0.3 is 6.03 Å². The number of urea groups is 1. The van der Waals surface area contributed by atoms with E-state index in [1.165, 1.54) is 12.1 Å². The molecule has 1 N–H and O–H groups in total. The average molecular weight is 514 g/mol. The van der Waals surface area contributed by atoms with Crippen LogP contribution in [0.1, 0.15) is 32.4 Å². The van der Waals surface area contributed by atoms with Gasteiger partial charge in [0.15, 0.2) is 0 Å². The van der Waals surface area contributed by atoms with Crippen molar-refractivity contribution >= 4 is 33.7 Å². The first-order valence-corrected chi connectivity index (χ1v) is 11.7. The second-order valence-electron chi connectivity index (χ2n) is 9.08. The molecule has 2 fully saturated rings. The van der Waals surface area contributed by atoms with E-state index < -0.39 is 0 Å². The zero-order chi connectivity index (χ0) is 23.3. The van der Waals surface area contributed by atoms with E-state index in [-0.39, 0.29) is 23.4 Å². The van der Waals surface area contributed by atoms with E-state index in [1.54, 1.807) is 33.0 Å². The molecule has 0 radical (unpaired) electrons. The van der Waals surface area contributed by atoms with Crippen LogP contribution in [0.3, 0.4) is 0 Å². The second kappa shape index (κ2) is 8.09. The van der Waals surface area contributed by atoms with Crippen molar-refractivity contribution in [3.05, 3.63) is 59.0 Å². The average Bonchev–Trinajstić information content (AvgIpc) is 3.23. The van der Waals surface area contributed by atoms with Crippen LogP contribution >= 0.6 is 15.9 Å². The number of likely N-dealkylation sites (N-methyl/N-ethyl adjacent to an activating group) is 1. The van der Waals surface area contributed by atoms with E-state index in [0.717, 1.165) is 18.5 Å². The first-order valence-electron chi connectivity index (χ1n) is 10.9. The van der Waals surface area contributed by atoms with Gasteiger partial charge in [0.1, 0.15) is 11.6 Å². The summed E-state index contributed by atoms with van der Waals surface area (Å²) in [5, 5.41) is 3.43. The Kier molecular flexibility index (Phi) is 5.35. The fourth-order valence-corrected chi connectivity index (χ4v) is 4.72. The summed E-state index contributed by atoms with van der Waals surface area (Å²) in [6.45, 7) is 4.88. The van der Waals surface area contributed by atoms with Crippen molar-refractivity contribution in [1.29, 1.82) is 0 Å². The number of nitrogens with zero attached hydrogens (tertiary/aromatic N) is 6. The van der Waals surface area contributed by atoms with Crippen LogP contribution in [0.15, 0.2) is 47.5 Å². The van der Waals surface area contributed by atoms with E-state index in [1.807, 2.05) is 19.3 Å². The molecule has 3 aromatic rings. The van der Waals surface area contributed by atoms with E-state index in [2.05, 4.69) is 50.0 Å². The number of imidazole rings is 1. The maximum absolute atomic E-state index is 13.8. The molecule has 0 spiro atoms. The Balaban J connectivity index is 1.39. The van der Waals surface area contributed by atoms with Gasteiger partial charge < -0.3 is 14.8 Å². The number of benzene rings is 1. The summed E-state index contributed by atoms with van der Waals surface area (Å²) in [5.74, 6) is 1.03. The van der Waals surface area contributed by atoms with Crippen molar-refractivity contribution in [3.8, 4) is 5.69 Å². The van der Waals surface area contributed by atoms with Crippen LogP contribution in [0.4, 0.5) is 21.0 Å². The Morgan fingerprint density at radius 3 is 2.73 bits per heavy atom. The Hall–Kier alpha value is -3.01. The summed E-state index contributed by atoms with van der Waals surface area (Å²) in [4.78, 5) is 29.9. The van der Waals surface area contributed by atoms with E-state index in [4.69, 9.17) is 0 Å². The minimum atomic E-state index is -0.377. The van der Waals surface area contributed by atoms with E-state index >= 15 is 0 Å². The van der Waals surface area contributed by atoms with Gasteiger partial charge in [-0.05, 0) is 43.0 Å². The summed E-state index contributed by atoms with van der Waals surface area (Å²) in [5.41, 5.74) is 1.15. The predicted molar refractivity (Wildman–Crippen MR) is 127 cm³/mol. The van der Waals surface area contributed by atoms with Gasteiger partial charge in [0.05, 0.1) is 29.3 Å². The second-order valence-corrected chi connectivity index (χ2v) is 10.00. The number of rotatable bonds is 6. The number of halogens is 2. The van der Waals surface area contributed by atoms with Gasteiger partial charge in [0.25, 0.3) is 0 Å². The van der Waals surface area contributed by atoms with Crippen molar-refractivity contribution in [2.75, 3.05) is 23.8 Å². The number of amides is 2. The molecule has 1 unspecified atom stereocenters. The van der Waals surface area contributed by atoms with Crippen molar-refractivity contribution in [1.82, 2.24) is 24.4 Å². The Morgan fingerprint density at radius 2 is 2.03 bits per heavy atom. The van der Waals surface area contributed by atoms with E-state index in [0.29, 0.717) is 34.4 Å². The number of nitrogens with one attached hydrogen (secondary N) is 1. The lowest BCUT2D eigenvalue weighted by Crippen LogP contribution is -2.38. The minimum absolute atomic E-state index is 0.0560. The lowest BCUT2D eigenvalue weighted by Gasteiger charge is -2.25. The van der Waals surface area contributed by atoms with Crippen LogP contribution in [-0.4, -0.2) is 50.1 Å². The minimum Gasteiger partial charge on any atom is -0.343 e. The molecule has 5 rings (SSSR count). The van der Waals surface area contributed by atoms with Gasteiger partial charge in [0, 0.05) is 30.5 Å². The number of anilines is 2. The van der Waals surface area contributed by atoms with Crippen LogP contribution in [-0.2, 0) is 5.54 Å². The molecule has 33 heavy (non-hydrogen) atoms. The topological polar surface area (TPSA) is 79.2 Å². The summed E-state index contributed by atoms with van der Waals surface area (Å²) in [7, 11) is 1.81. The first-order chi connectivity index (χ1) is 15.8. The summed E-state index contributed by atoms with van der Waals surface area (Å²) in [6, 6.07) is 6.49.